The zero-order valence-electron chi connectivity index (χ0n) is 13.0. The van der Waals surface area contributed by atoms with Crippen LogP contribution in [0.15, 0.2) is 57.2 Å². The van der Waals surface area contributed by atoms with Crippen LogP contribution in [-0.2, 0) is 10.9 Å². The van der Waals surface area contributed by atoms with Crippen molar-refractivity contribution in [3.05, 3.63) is 42.5 Å². The van der Waals surface area contributed by atoms with Gasteiger partial charge < -0.3 is 9.47 Å². The Kier molecular flexibility index (Phi) is 5.21. The lowest BCUT2D eigenvalue weighted by atomic mass is 10.3. The van der Waals surface area contributed by atoms with Crippen LogP contribution in [0.4, 0.5) is 0 Å². The van der Waals surface area contributed by atoms with E-state index in [9.17, 15) is 0 Å². The molecule has 0 spiro atoms. The quantitative estimate of drug-likeness (QED) is 0.744. The van der Waals surface area contributed by atoms with Crippen molar-refractivity contribution in [3.8, 4) is 11.5 Å². The maximum atomic E-state index is 5.43. The Morgan fingerprint density at radius 3 is 2.14 bits per heavy atom. The minimum Gasteiger partial charge on any atom is -0.497 e. The summed E-state index contributed by atoms with van der Waals surface area (Å²) in [5.74, 6) is 4.51. The number of ether oxygens (including phenoxy) is 2. The smallest absolute Gasteiger partial charge is 0.172 e. The van der Waals surface area contributed by atoms with Crippen LogP contribution in [-0.4, -0.2) is 25.7 Å². The molecule has 0 bridgehead atoms. The summed E-state index contributed by atoms with van der Waals surface area (Å²) in [5.41, 5.74) is 0. The summed E-state index contributed by atoms with van der Waals surface area (Å²) in [7, 11) is 3.82. The van der Waals surface area contributed by atoms with E-state index in [0.717, 1.165) is 11.5 Å². The standard InChI is InChI=1S/C18H21O2S2/c1-19-14-5-8-16(9-6-14)21-17-10-7-15(20-2)13-18(17)22-11-3-4-12-22/h5-10,13H,3-4,11-12H2,1-2H3/q+1. The molecule has 4 heteroatoms. The summed E-state index contributed by atoms with van der Waals surface area (Å²) in [4.78, 5) is 4.07. The molecule has 2 aromatic rings. The van der Waals surface area contributed by atoms with E-state index in [1.807, 2.05) is 23.9 Å². The Morgan fingerprint density at radius 2 is 1.50 bits per heavy atom. The van der Waals surface area contributed by atoms with E-state index in [2.05, 4.69) is 30.3 Å². The number of rotatable bonds is 5. The summed E-state index contributed by atoms with van der Waals surface area (Å²) >= 11 is 1.84. The van der Waals surface area contributed by atoms with E-state index in [1.54, 1.807) is 14.2 Å². The molecule has 1 saturated heterocycles. The van der Waals surface area contributed by atoms with E-state index in [1.165, 1.54) is 39.0 Å². The van der Waals surface area contributed by atoms with Gasteiger partial charge in [-0.1, -0.05) is 11.8 Å². The fourth-order valence-electron chi connectivity index (χ4n) is 2.57. The zero-order valence-corrected chi connectivity index (χ0v) is 14.6. The highest BCUT2D eigenvalue weighted by Crippen LogP contribution is 2.38. The van der Waals surface area contributed by atoms with Crippen LogP contribution >= 0.6 is 11.8 Å². The summed E-state index contributed by atoms with van der Waals surface area (Å²) in [6, 6.07) is 14.8. The Hall–Kier alpha value is -1.26. The molecular formula is C18H21O2S2+. The average molecular weight is 333 g/mol. The highest BCUT2D eigenvalue weighted by Gasteiger charge is 2.30. The van der Waals surface area contributed by atoms with Crippen molar-refractivity contribution in [1.82, 2.24) is 0 Å². The number of methoxy groups -OCH3 is 2. The first-order valence-corrected chi connectivity index (χ1v) is 9.85. The molecule has 0 amide bonds. The summed E-state index contributed by atoms with van der Waals surface area (Å²) in [5, 5.41) is 0. The van der Waals surface area contributed by atoms with Crippen molar-refractivity contribution in [1.29, 1.82) is 0 Å². The lowest BCUT2D eigenvalue weighted by Gasteiger charge is -2.10. The van der Waals surface area contributed by atoms with Crippen LogP contribution in [0.1, 0.15) is 12.8 Å². The summed E-state index contributed by atoms with van der Waals surface area (Å²) < 4.78 is 10.7. The molecule has 1 aliphatic rings. The third-order valence-corrected chi connectivity index (χ3v) is 7.52. The average Bonchev–Trinajstić information content (AvgIpc) is 3.10. The highest BCUT2D eigenvalue weighted by atomic mass is 32.2. The molecule has 2 aromatic carbocycles. The SMILES string of the molecule is COc1ccc(Sc2ccc(OC)cc2[S+]2CCCC2)cc1. The molecule has 3 rings (SSSR count). The molecular weight excluding hydrogens is 312 g/mol. The van der Waals surface area contributed by atoms with Gasteiger partial charge in [-0.05, 0) is 49.2 Å². The number of hydrogen-bond donors (Lipinski definition) is 0. The van der Waals surface area contributed by atoms with Crippen molar-refractivity contribution < 1.29 is 9.47 Å². The molecule has 1 heterocycles. The van der Waals surface area contributed by atoms with Crippen molar-refractivity contribution in [2.24, 2.45) is 0 Å². The van der Waals surface area contributed by atoms with E-state index in [4.69, 9.17) is 9.47 Å². The molecule has 0 saturated carbocycles. The molecule has 1 aliphatic heterocycles. The van der Waals surface area contributed by atoms with Gasteiger partial charge in [0.05, 0.1) is 19.1 Å². The largest absolute Gasteiger partial charge is 0.497 e. The molecule has 116 valence electrons. The Bertz CT molecular complexity index is 619. The topological polar surface area (TPSA) is 18.5 Å². The van der Waals surface area contributed by atoms with Gasteiger partial charge in [-0.15, -0.1) is 0 Å². The first-order valence-electron chi connectivity index (χ1n) is 7.47. The molecule has 0 N–H and O–H groups in total. The fourth-order valence-corrected chi connectivity index (χ4v) is 6.26. The molecule has 22 heavy (non-hydrogen) atoms. The van der Waals surface area contributed by atoms with E-state index >= 15 is 0 Å². The van der Waals surface area contributed by atoms with Gasteiger partial charge in [-0.3, -0.25) is 0 Å². The van der Waals surface area contributed by atoms with Crippen LogP contribution in [0.25, 0.3) is 0 Å². The molecule has 0 aliphatic carbocycles. The zero-order chi connectivity index (χ0) is 15.4. The first kappa shape index (κ1) is 15.6. The molecule has 2 nitrogen and oxygen atoms in total. The lowest BCUT2D eigenvalue weighted by Crippen LogP contribution is -2.05. The summed E-state index contributed by atoms with van der Waals surface area (Å²) in [6.45, 7) is 0. The summed E-state index contributed by atoms with van der Waals surface area (Å²) in [6.07, 6.45) is 2.71. The van der Waals surface area contributed by atoms with Crippen LogP contribution in [0, 0.1) is 0 Å². The van der Waals surface area contributed by atoms with Gasteiger partial charge >= 0.3 is 0 Å². The predicted molar refractivity (Wildman–Crippen MR) is 94.7 cm³/mol. The van der Waals surface area contributed by atoms with Crippen LogP contribution < -0.4 is 9.47 Å². The second-order valence-corrected chi connectivity index (χ2v) is 8.56. The van der Waals surface area contributed by atoms with Gasteiger partial charge in [0, 0.05) is 21.9 Å². The Balaban J connectivity index is 1.87. The van der Waals surface area contributed by atoms with Gasteiger partial charge in [-0.2, -0.15) is 0 Å². The second kappa shape index (κ2) is 7.34. The van der Waals surface area contributed by atoms with Gasteiger partial charge in [0.25, 0.3) is 0 Å². The number of hydrogen-bond acceptors (Lipinski definition) is 3. The molecule has 0 atom stereocenters. The van der Waals surface area contributed by atoms with Crippen molar-refractivity contribution in [2.45, 2.75) is 27.5 Å². The molecule has 0 unspecified atom stereocenters. The lowest BCUT2D eigenvalue weighted by molar-refractivity contribution is 0.413. The number of benzene rings is 2. The fraction of sp³-hybridized carbons (Fsp3) is 0.333. The van der Waals surface area contributed by atoms with Gasteiger partial charge in [0.1, 0.15) is 23.0 Å². The van der Waals surface area contributed by atoms with E-state index < -0.39 is 0 Å². The van der Waals surface area contributed by atoms with Crippen LogP contribution in [0.5, 0.6) is 11.5 Å². The van der Waals surface area contributed by atoms with Gasteiger partial charge in [0.15, 0.2) is 4.90 Å². The molecule has 0 aromatic heterocycles. The van der Waals surface area contributed by atoms with Crippen molar-refractivity contribution in [3.63, 3.8) is 0 Å². The van der Waals surface area contributed by atoms with Crippen LogP contribution in [0.2, 0.25) is 0 Å². The minimum absolute atomic E-state index is 0.381. The maximum absolute atomic E-state index is 5.43. The normalized spacial score (nSPS) is 15.0. The second-order valence-electron chi connectivity index (χ2n) is 5.20. The highest BCUT2D eigenvalue weighted by molar-refractivity contribution is 8.01. The van der Waals surface area contributed by atoms with Crippen molar-refractivity contribution >= 4 is 22.7 Å². The van der Waals surface area contributed by atoms with E-state index in [0.29, 0.717) is 10.9 Å². The molecule has 1 fully saturated rings. The minimum atomic E-state index is 0.381. The monoisotopic (exact) mass is 333 g/mol. The van der Waals surface area contributed by atoms with Gasteiger partial charge in [0.2, 0.25) is 0 Å². The first-order chi connectivity index (χ1) is 10.8. The van der Waals surface area contributed by atoms with Crippen molar-refractivity contribution in [2.75, 3.05) is 25.7 Å². The maximum Gasteiger partial charge on any atom is 0.172 e. The third kappa shape index (κ3) is 3.55. The van der Waals surface area contributed by atoms with Gasteiger partial charge in [-0.25, -0.2) is 0 Å². The van der Waals surface area contributed by atoms with Crippen LogP contribution in [0.3, 0.4) is 0 Å². The van der Waals surface area contributed by atoms with E-state index in [-0.39, 0.29) is 0 Å². The third-order valence-electron chi connectivity index (χ3n) is 3.78. The molecule has 0 radical (unpaired) electrons. The predicted octanol–water partition coefficient (Wildman–Crippen LogP) is 4.63. The Labute approximate surface area is 139 Å². The Morgan fingerprint density at radius 1 is 0.864 bits per heavy atom.